The fourth-order valence-corrected chi connectivity index (χ4v) is 2.86. The monoisotopic (exact) mass is 277 g/mol. The average Bonchev–Trinajstić information content (AvgIpc) is 2.47. The molecule has 2 heterocycles. The van der Waals surface area contributed by atoms with Gasteiger partial charge in [0.05, 0.1) is 6.61 Å². The van der Waals surface area contributed by atoms with Gasteiger partial charge in [-0.1, -0.05) is 13.3 Å². The zero-order chi connectivity index (χ0) is 14.5. The lowest BCUT2D eigenvalue weighted by Crippen LogP contribution is -2.42. The van der Waals surface area contributed by atoms with E-state index in [9.17, 15) is 5.11 Å². The number of hydrogen-bond acceptors (Lipinski definition) is 4. The molecular formula is C16H27N3O. The standard InChI is InChI=1S/C16H27N3O/c1-4-5-14-10-13(12-20)11-16(17-14)19(3)15-6-8-18(2)9-7-15/h10-11,15,20H,4-9,12H2,1-3H3. The van der Waals surface area contributed by atoms with Gasteiger partial charge in [0.15, 0.2) is 0 Å². The van der Waals surface area contributed by atoms with E-state index in [-0.39, 0.29) is 6.61 Å². The number of hydrogen-bond donors (Lipinski definition) is 1. The number of aryl methyl sites for hydroxylation is 1. The summed E-state index contributed by atoms with van der Waals surface area (Å²) in [6.07, 6.45) is 4.42. The maximum Gasteiger partial charge on any atom is 0.129 e. The van der Waals surface area contributed by atoms with E-state index < -0.39 is 0 Å². The normalized spacial score (nSPS) is 17.4. The minimum absolute atomic E-state index is 0.0908. The van der Waals surface area contributed by atoms with E-state index in [1.54, 1.807) is 0 Å². The minimum Gasteiger partial charge on any atom is -0.392 e. The summed E-state index contributed by atoms with van der Waals surface area (Å²) in [4.78, 5) is 9.44. The molecule has 0 bridgehead atoms. The Bertz CT molecular complexity index is 428. The van der Waals surface area contributed by atoms with E-state index in [1.807, 2.05) is 12.1 Å². The Morgan fingerprint density at radius 1 is 1.35 bits per heavy atom. The molecule has 1 aliphatic rings. The zero-order valence-corrected chi connectivity index (χ0v) is 13.0. The second-order valence-corrected chi connectivity index (χ2v) is 5.88. The highest BCUT2D eigenvalue weighted by molar-refractivity contribution is 5.43. The second-order valence-electron chi connectivity index (χ2n) is 5.88. The van der Waals surface area contributed by atoms with Gasteiger partial charge in [0.2, 0.25) is 0 Å². The first-order valence-electron chi connectivity index (χ1n) is 7.66. The van der Waals surface area contributed by atoms with E-state index in [2.05, 4.69) is 30.8 Å². The van der Waals surface area contributed by atoms with Crippen molar-refractivity contribution in [3.63, 3.8) is 0 Å². The molecule has 0 radical (unpaired) electrons. The first kappa shape index (κ1) is 15.3. The molecule has 0 unspecified atom stereocenters. The smallest absolute Gasteiger partial charge is 0.129 e. The lowest BCUT2D eigenvalue weighted by molar-refractivity contribution is 0.252. The summed E-state index contributed by atoms with van der Waals surface area (Å²) in [5.41, 5.74) is 2.06. The number of aliphatic hydroxyl groups is 1. The lowest BCUT2D eigenvalue weighted by atomic mass is 10.0. The number of aliphatic hydroxyl groups excluding tert-OH is 1. The second kappa shape index (κ2) is 7.04. The van der Waals surface area contributed by atoms with Crippen molar-refractivity contribution >= 4 is 5.82 Å². The van der Waals surface area contributed by atoms with Gasteiger partial charge in [0, 0.05) is 18.8 Å². The maximum atomic E-state index is 9.43. The van der Waals surface area contributed by atoms with Crippen LogP contribution in [0.1, 0.15) is 37.4 Å². The molecule has 112 valence electrons. The van der Waals surface area contributed by atoms with Gasteiger partial charge in [-0.3, -0.25) is 0 Å². The topological polar surface area (TPSA) is 39.6 Å². The Kier molecular flexibility index (Phi) is 5.38. The highest BCUT2D eigenvalue weighted by Crippen LogP contribution is 2.22. The molecule has 0 saturated carbocycles. The van der Waals surface area contributed by atoms with Crippen LogP contribution >= 0.6 is 0 Å². The Hall–Kier alpha value is -1.13. The number of rotatable bonds is 5. The predicted molar refractivity (Wildman–Crippen MR) is 83.1 cm³/mol. The summed E-state index contributed by atoms with van der Waals surface area (Å²) >= 11 is 0. The van der Waals surface area contributed by atoms with Gasteiger partial charge in [-0.2, -0.15) is 0 Å². The zero-order valence-electron chi connectivity index (χ0n) is 13.0. The van der Waals surface area contributed by atoms with Gasteiger partial charge in [-0.05, 0) is 57.1 Å². The summed E-state index contributed by atoms with van der Waals surface area (Å²) < 4.78 is 0. The Balaban J connectivity index is 2.15. The van der Waals surface area contributed by atoms with Crippen LogP contribution in [0.25, 0.3) is 0 Å². The molecule has 0 aliphatic carbocycles. The number of piperidine rings is 1. The van der Waals surface area contributed by atoms with Crippen molar-refractivity contribution in [3.8, 4) is 0 Å². The van der Waals surface area contributed by atoms with E-state index in [0.717, 1.165) is 43.0 Å². The largest absolute Gasteiger partial charge is 0.392 e. The number of pyridine rings is 1. The van der Waals surface area contributed by atoms with Crippen LogP contribution in [-0.2, 0) is 13.0 Å². The highest BCUT2D eigenvalue weighted by Gasteiger charge is 2.21. The molecule has 2 rings (SSSR count). The number of aromatic nitrogens is 1. The van der Waals surface area contributed by atoms with Crippen LogP contribution in [0.4, 0.5) is 5.82 Å². The van der Waals surface area contributed by atoms with E-state index >= 15 is 0 Å². The van der Waals surface area contributed by atoms with Crippen molar-refractivity contribution in [2.45, 2.75) is 45.3 Å². The third-order valence-electron chi connectivity index (χ3n) is 4.21. The van der Waals surface area contributed by atoms with Crippen LogP contribution in [0.3, 0.4) is 0 Å². The molecule has 0 aromatic carbocycles. The van der Waals surface area contributed by atoms with Gasteiger partial charge in [0.25, 0.3) is 0 Å². The third kappa shape index (κ3) is 3.70. The van der Waals surface area contributed by atoms with E-state index in [0.29, 0.717) is 6.04 Å². The van der Waals surface area contributed by atoms with Crippen LogP contribution in [0.2, 0.25) is 0 Å². The molecular weight excluding hydrogens is 250 g/mol. The lowest BCUT2D eigenvalue weighted by Gasteiger charge is -2.36. The van der Waals surface area contributed by atoms with Crippen LogP contribution < -0.4 is 4.90 Å². The summed E-state index contributed by atoms with van der Waals surface area (Å²) in [6.45, 7) is 4.55. The van der Waals surface area contributed by atoms with Gasteiger partial charge >= 0.3 is 0 Å². The van der Waals surface area contributed by atoms with Crippen molar-refractivity contribution in [1.82, 2.24) is 9.88 Å². The molecule has 1 fully saturated rings. The molecule has 1 aromatic rings. The molecule has 1 aromatic heterocycles. The first-order valence-corrected chi connectivity index (χ1v) is 7.66. The molecule has 20 heavy (non-hydrogen) atoms. The Morgan fingerprint density at radius 2 is 2.05 bits per heavy atom. The maximum absolute atomic E-state index is 9.43. The van der Waals surface area contributed by atoms with Crippen LogP contribution in [0.15, 0.2) is 12.1 Å². The fraction of sp³-hybridized carbons (Fsp3) is 0.688. The molecule has 1 saturated heterocycles. The summed E-state index contributed by atoms with van der Waals surface area (Å²) in [7, 11) is 4.31. The molecule has 1 N–H and O–H groups in total. The summed E-state index contributed by atoms with van der Waals surface area (Å²) in [6, 6.07) is 4.61. The molecule has 0 spiro atoms. The summed E-state index contributed by atoms with van der Waals surface area (Å²) in [5.74, 6) is 1.01. The van der Waals surface area contributed by atoms with Gasteiger partial charge < -0.3 is 14.9 Å². The van der Waals surface area contributed by atoms with Crippen molar-refractivity contribution in [2.75, 3.05) is 32.1 Å². The molecule has 1 aliphatic heterocycles. The first-order chi connectivity index (χ1) is 9.63. The molecule has 4 nitrogen and oxygen atoms in total. The number of likely N-dealkylation sites (tertiary alicyclic amines) is 1. The van der Waals surface area contributed by atoms with Gasteiger partial charge in [0.1, 0.15) is 5.82 Å². The van der Waals surface area contributed by atoms with Crippen molar-refractivity contribution in [3.05, 3.63) is 23.4 Å². The fourth-order valence-electron chi connectivity index (χ4n) is 2.86. The van der Waals surface area contributed by atoms with Crippen molar-refractivity contribution < 1.29 is 5.11 Å². The minimum atomic E-state index is 0.0908. The predicted octanol–water partition coefficient (Wildman–Crippen LogP) is 2.06. The molecule has 4 heteroatoms. The highest BCUT2D eigenvalue weighted by atomic mass is 16.3. The Morgan fingerprint density at radius 3 is 2.65 bits per heavy atom. The number of anilines is 1. The van der Waals surface area contributed by atoms with E-state index in [4.69, 9.17) is 4.98 Å². The van der Waals surface area contributed by atoms with Crippen LogP contribution in [0.5, 0.6) is 0 Å². The average molecular weight is 277 g/mol. The third-order valence-corrected chi connectivity index (χ3v) is 4.21. The number of nitrogens with zero attached hydrogens (tertiary/aromatic N) is 3. The Labute approximate surface area is 122 Å². The molecule has 0 amide bonds. The van der Waals surface area contributed by atoms with E-state index in [1.165, 1.54) is 12.8 Å². The van der Waals surface area contributed by atoms with Gasteiger partial charge in [-0.25, -0.2) is 4.98 Å². The van der Waals surface area contributed by atoms with Crippen LogP contribution in [-0.4, -0.2) is 48.2 Å². The van der Waals surface area contributed by atoms with Crippen molar-refractivity contribution in [2.24, 2.45) is 0 Å². The van der Waals surface area contributed by atoms with Crippen molar-refractivity contribution in [1.29, 1.82) is 0 Å². The van der Waals surface area contributed by atoms with Crippen LogP contribution in [0, 0.1) is 0 Å². The quantitative estimate of drug-likeness (QED) is 0.894. The summed E-state index contributed by atoms with van der Waals surface area (Å²) in [5, 5.41) is 9.43. The molecule has 0 atom stereocenters. The SMILES string of the molecule is CCCc1cc(CO)cc(N(C)C2CCN(C)CC2)n1. The van der Waals surface area contributed by atoms with Gasteiger partial charge in [-0.15, -0.1) is 0 Å².